The van der Waals surface area contributed by atoms with E-state index >= 15 is 0 Å². The molecule has 2 rings (SSSR count). The highest BCUT2D eigenvalue weighted by molar-refractivity contribution is 5.95. The van der Waals surface area contributed by atoms with Crippen LogP contribution in [0.25, 0.3) is 0 Å². The van der Waals surface area contributed by atoms with Crippen molar-refractivity contribution in [2.75, 3.05) is 32.8 Å². The van der Waals surface area contributed by atoms with Gasteiger partial charge in [-0.05, 0) is 19.4 Å². The van der Waals surface area contributed by atoms with E-state index in [1.54, 1.807) is 6.08 Å². The number of hydrogen-bond donors (Lipinski definition) is 2. The van der Waals surface area contributed by atoms with Crippen LogP contribution in [0.15, 0.2) is 12.7 Å². The van der Waals surface area contributed by atoms with Crippen molar-refractivity contribution in [2.45, 2.75) is 31.6 Å². The van der Waals surface area contributed by atoms with Crippen molar-refractivity contribution in [3.8, 4) is 0 Å². The Kier molecular flexibility index (Phi) is 6.16. The van der Waals surface area contributed by atoms with Crippen molar-refractivity contribution in [2.24, 2.45) is 0 Å². The van der Waals surface area contributed by atoms with E-state index in [0.717, 1.165) is 25.8 Å². The Hall–Kier alpha value is -1.44. The molecule has 0 aromatic heterocycles. The van der Waals surface area contributed by atoms with E-state index in [2.05, 4.69) is 17.2 Å². The van der Waals surface area contributed by atoms with Gasteiger partial charge in [0.05, 0.1) is 25.8 Å². The fourth-order valence-corrected chi connectivity index (χ4v) is 2.68. The molecule has 2 saturated heterocycles. The molecule has 0 aliphatic carbocycles. The predicted octanol–water partition coefficient (Wildman–Crippen LogP) is 0.226. The molecule has 2 aliphatic rings. The van der Waals surface area contributed by atoms with Gasteiger partial charge in [-0.2, -0.15) is 0 Å². The predicted molar refractivity (Wildman–Crippen MR) is 76.6 cm³/mol. The van der Waals surface area contributed by atoms with Gasteiger partial charge in [0.25, 0.3) is 0 Å². The molecule has 0 saturated carbocycles. The standard InChI is InChI=1S/C14H23N3O4/c1-2-6-15-14(19)16-12(18)10-17-7-4-3-5-11(17)13-20-8-9-21-13/h2,11,13H,1,3-10H2,(H2,15,16,18,19)/t11-/m0/s1. The highest BCUT2D eigenvalue weighted by Gasteiger charge is 2.34. The Morgan fingerprint density at radius 3 is 2.76 bits per heavy atom. The SMILES string of the molecule is C=CCNC(=O)NC(=O)CN1CCCC[C@H]1C1OCCO1. The van der Waals surface area contributed by atoms with E-state index in [1.807, 2.05) is 4.90 Å². The maximum Gasteiger partial charge on any atom is 0.321 e. The maximum absolute atomic E-state index is 11.9. The summed E-state index contributed by atoms with van der Waals surface area (Å²) in [6.07, 6.45) is 4.39. The maximum atomic E-state index is 11.9. The lowest BCUT2D eigenvalue weighted by molar-refractivity contribution is -0.130. The number of nitrogens with one attached hydrogen (secondary N) is 2. The molecule has 0 radical (unpaired) electrons. The summed E-state index contributed by atoms with van der Waals surface area (Å²) >= 11 is 0. The summed E-state index contributed by atoms with van der Waals surface area (Å²) in [5.41, 5.74) is 0. The first-order valence-electron chi connectivity index (χ1n) is 7.36. The Morgan fingerprint density at radius 1 is 1.29 bits per heavy atom. The van der Waals surface area contributed by atoms with Crippen LogP contribution in [0.3, 0.4) is 0 Å². The van der Waals surface area contributed by atoms with Gasteiger partial charge in [-0.25, -0.2) is 4.79 Å². The molecule has 0 aromatic carbocycles. The molecule has 2 heterocycles. The molecule has 2 aliphatic heterocycles. The average molecular weight is 297 g/mol. The van der Waals surface area contributed by atoms with Gasteiger partial charge in [0.2, 0.25) is 5.91 Å². The zero-order chi connectivity index (χ0) is 15.1. The van der Waals surface area contributed by atoms with Crippen LogP contribution in [-0.2, 0) is 14.3 Å². The Labute approximate surface area is 124 Å². The first-order valence-corrected chi connectivity index (χ1v) is 7.36. The van der Waals surface area contributed by atoms with E-state index in [4.69, 9.17) is 9.47 Å². The molecule has 0 spiro atoms. The second-order valence-corrected chi connectivity index (χ2v) is 5.19. The van der Waals surface area contributed by atoms with Crippen LogP contribution in [-0.4, -0.2) is 62.0 Å². The highest BCUT2D eigenvalue weighted by atomic mass is 16.7. The lowest BCUT2D eigenvalue weighted by Crippen LogP contribution is -2.52. The summed E-state index contributed by atoms with van der Waals surface area (Å²) in [5.74, 6) is -0.318. The number of carbonyl (C=O) groups excluding carboxylic acids is 2. The third-order valence-corrected chi connectivity index (χ3v) is 3.63. The van der Waals surface area contributed by atoms with Gasteiger partial charge < -0.3 is 14.8 Å². The van der Waals surface area contributed by atoms with Crippen molar-refractivity contribution >= 4 is 11.9 Å². The van der Waals surface area contributed by atoms with Crippen LogP contribution in [0.5, 0.6) is 0 Å². The zero-order valence-corrected chi connectivity index (χ0v) is 12.2. The molecule has 0 bridgehead atoms. The molecule has 1 atom stereocenters. The second-order valence-electron chi connectivity index (χ2n) is 5.19. The fourth-order valence-electron chi connectivity index (χ4n) is 2.68. The Morgan fingerprint density at radius 2 is 2.05 bits per heavy atom. The molecule has 0 aromatic rings. The van der Waals surface area contributed by atoms with E-state index in [-0.39, 0.29) is 24.8 Å². The number of urea groups is 1. The number of nitrogens with zero attached hydrogens (tertiary/aromatic N) is 1. The molecule has 3 amide bonds. The number of ether oxygens (including phenoxy) is 2. The van der Waals surface area contributed by atoms with Gasteiger partial charge in [0.15, 0.2) is 6.29 Å². The molecule has 0 unspecified atom stereocenters. The highest BCUT2D eigenvalue weighted by Crippen LogP contribution is 2.23. The largest absolute Gasteiger partial charge is 0.349 e. The van der Waals surface area contributed by atoms with Gasteiger partial charge in [-0.15, -0.1) is 6.58 Å². The second kappa shape index (κ2) is 8.11. The minimum Gasteiger partial charge on any atom is -0.349 e. The Bertz CT molecular complexity index is 382. The molecular weight excluding hydrogens is 274 g/mol. The normalized spacial score (nSPS) is 23.7. The molecule has 7 heteroatoms. The summed E-state index contributed by atoms with van der Waals surface area (Å²) in [6.45, 7) is 6.02. The topological polar surface area (TPSA) is 79.9 Å². The minimum atomic E-state index is -0.498. The van der Waals surface area contributed by atoms with E-state index in [0.29, 0.717) is 19.8 Å². The molecule has 21 heavy (non-hydrogen) atoms. The third kappa shape index (κ3) is 4.80. The van der Waals surface area contributed by atoms with E-state index in [1.165, 1.54) is 0 Å². The van der Waals surface area contributed by atoms with Gasteiger partial charge in [0.1, 0.15) is 0 Å². The summed E-state index contributed by atoms with van der Waals surface area (Å²) in [7, 11) is 0. The first-order chi connectivity index (χ1) is 10.2. The van der Waals surface area contributed by atoms with Gasteiger partial charge in [-0.1, -0.05) is 12.5 Å². The van der Waals surface area contributed by atoms with Crippen molar-refractivity contribution in [1.29, 1.82) is 0 Å². The number of piperidine rings is 1. The summed E-state index contributed by atoms with van der Waals surface area (Å²) in [5, 5.41) is 4.82. The lowest BCUT2D eigenvalue weighted by atomic mass is 10.0. The van der Waals surface area contributed by atoms with Crippen molar-refractivity contribution in [1.82, 2.24) is 15.5 Å². The van der Waals surface area contributed by atoms with Crippen LogP contribution < -0.4 is 10.6 Å². The number of amides is 3. The quantitative estimate of drug-likeness (QED) is 0.710. The van der Waals surface area contributed by atoms with Crippen molar-refractivity contribution in [3.05, 3.63) is 12.7 Å². The van der Waals surface area contributed by atoms with E-state index < -0.39 is 6.03 Å². The lowest BCUT2D eigenvalue weighted by Gasteiger charge is -2.37. The molecule has 118 valence electrons. The molecule has 2 N–H and O–H groups in total. The zero-order valence-electron chi connectivity index (χ0n) is 12.2. The summed E-state index contributed by atoms with van der Waals surface area (Å²) in [4.78, 5) is 25.4. The van der Waals surface area contributed by atoms with Crippen LogP contribution in [0.1, 0.15) is 19.3 Å². The van der Waals surface area contributed by atoms with Crippen LogP contribution in [0, 0.1) is 0 Å². The number of carbonyl (C=O) groups is 2. The van der Waals surface area contributed by atoms with Crippen LogP contribution in [0.2, 0.25) is 0 Å². The number of imide groups is 1. The van der Waals surface area contributed by atoms with Crippen molar-refractivity contribution in [3.63, 3.8) is 0 Å². The van der Waals surface area contributed by atoms with E-state index in [9.17, 15) is 9.59 Å². The third-order valence-electron chi connectivity index (χ3n) is 3.63. The summed E-state index contributed by atoms with van der Waals surface area (Å²) < 4.78 is 11.1. The Balaban J connectivity index is 1.82. The van der Waals surface area contributed by atoms with Crippen molar-refractivity contribution < 1.29 is 19.1 Å². The molecular formula is C14H23N3O4. The van der Waals surface area contributed by atoms with Crippen LogP contribution >= 0.6 is 0 Å². The monoisotopic (exact) mass is 297 g/mol. The fraction of sp³-hybridized carbons (Fsp3) is 0.714. The molecule has 7 nitrogen and oxygen atoms in total. The number of hydrogen-bond acceptors (Lipinski definition) is 5. The van der Waals surface area contributed by atoms with Gasteiger partial charge in [-0.3, -0.25) is 15.0 Å². The average Bonchev–Trinajstić information content (AvgIpc) is 2.99. The molecule has 2 fully saturated rings. The number of rotatable bonds is 5. The number of likely N-dealkylation sites (tertiary alicyclic amines) is 1. The smallest absolute Gasteiger partial charge is 0.321 e. The van der Waals surface area contributed by atoms with Gasteiger partial charge >= 0.3 is 6.03 Å². The summed E-state index contributed by atoms with van der Waals surface area (Å²) in [6, 6.07) is -0.412. The van der Waals surface area contributed by atoms with Gasteiger partial charge in [0, 0.05) is 6.54 Å². The first kappa shape index (κ1) is 15.9. The van der Waals surface area contributed by atoms with Crippen LogP contribution in [0.4, 0.5) is 4.79 Å². The minimum absolute atomic E-state index is 0.0863.